The van der Waals surface area contributed by atoms with Crippen molar-refractivity contribution in [1.29, 1.82) is 0 Å². The highest BCUT2D eigenvalue weighted by Crippen LogP contribution is 2.33. The Bertz CT molecular complexity index is 1250. The second-order valence-electron chi connectivity index (χ2n) is 7.41. The zero-order valence-corrected chi connectivity index (χ0v) is 19.2. The summed E-state index contributed by atoms with van der Waals surface area (Å²) < 4.78 is 11.9. The molecule has 6 heteroatoms. The minimum atomic E-state index is 0.0503. The van der Waals surface area contributed by atoms with E-state index in [1.54, 1.807) is 18.3 Å². The SMILES string of the molecule is CC[C@@H](C)c1ccc2oc(-c3ccc(N=Cc4cc(Br)cc(OC)c4O)cc3)nc2c1. The van der Waals surface area contributed by atoms with E-state index in [-0.39, 0.29) is 5.75 Å². The van der Waals surface area contributed by atoms with Gasteiger partial charge in [-0.15, -0.1) is 0 Å². The maximum atomic E-state index is 10.3. The summed E-state index contributed by atoms with van der Waals surface area (Å²) in [5.74, 6) is 1.51. The average molecular weight is 479 g/mol. The number of phenols is 1. The van der Waals surface area contributed by atoms with E-state index in [0.29, 0.717) is 23.1 Å². The van der Waals surface area contributed by atoms with Crippen molar-refractivity contribution in [3.05, 3.63) is 70.2 Å². The van der Waals surface area contributed by atoms with Crippen LogP contribution in [0.3, 0.4) is 0 Å². The lowest BCUT2D eigenvalue weighted by Gasteiger charge is -2.07. The normalized spacial score (nSPS) is 12.5. The Morgan fingerprint density at radius 2 is 1.94 bits per heavy atom. The Labute approximate surface area is 189 Å². The molecule has 1 atom stereocenters. The monoisotopic (exact) mass is 478 g/mol. The molecule has 158 valence electrons. The Hall–Kier alpha value is -3.12. The number of aromatic hydroxyl groups is 1. The third kappa shape index (κ3) is 4.49. The zero-order valence-electron chi connectivity index (χ0n) is 17.6. The number of benzene rings is 3. The topological polar surface area (TPSA) is 67.9 Å². The highest BCUT2D eigenvalue weighted by Gasteiger charge is 2.11. The molecule has 4 rings (SSSR count). The van der Waals surface area contributed by atoms with E-state index < -0.39 is 0 Å². The molecule has 0 spiro atoms. The minimum absolute atomic E-state index is 0.0503. The fourth-order valence-corrected chi connectivity index (χ4v) is 3.75. The Kier molecular flexibility index (Phi) is 6.09. The standard InChI is InChI=1S/C25H23BrN2O3/c1-4-15(2)17-7-10-22-21(12-17)28-25(31-22)16-5-8-20(9-6-16)27-14-18-11-19(26)13-23(30-3)24(18)29/h5-15,29H,4H2,1-3H3/t15-/m1/s1. The van der Waals surface area contributed by atoms with Crippen molar-refractivity contribution < 1.29 is 14.3 Å². The number of aliphatic imine (C=N–C) groups is 1. The molecule has 0 amide bonds. The second kappa shape index (κ2) is 8.94. The average Bonchev–Trinajstić information content (AvgIpc) is 3.22. The fourth-order valence-electron chi connectivity index (χ4n) is 3.29. The van der Waals surface area contributed by atoms with Gasteiger partial charge in [-0.1, -0.05) is 35.8 Å². The molecular weight excluding hydrogens is 456 g/mol. The summed E-state index contributed by atoms with van der Waals surface area (Å²) >= 11 is 3.41. The number of hydrogen-bond acceptors (Lipinski definition) is 5. The molecule has 0 unspecified atom stereocenters. The first-order chi connectivity index (χ1) is 15.0. The maximum Gasteiger partial charge on any atom is 0.227 e. The number of aromatic nitrogens is 1. The van der Waals surface area contributed by atoms with E-state index in [4.69, 9.17) is 9.15 Å². The number of rotatable bonds is 6. The molecular formula is C25H23BrN2O3. The van der Waals surface area contributed by atoms with Crippen LogP contribution in [0.4, 0.5) is 5.69 Å². The molecule has 3 aromatic carbocycles. The van der Waals surface area contributed by atoms with Crippen molar-refractivity contribution in [2.45, 2.75) is 26.2 Å². The molecule has 0 radical (unpaired) electrons. The third-order valence-electron chi connectivity index (χ3n) is 5.35. The highest BCUT2D eigenvalue weighted by molar-refractivity contribution is 9.10. The lowest BCUT2D eigenvalue weighted by molar-refractivity contribution is 0.373. The van der Waals surface area contributed by atoms with Crippen molar-refractivity contribution in [2.24, 2.45) is 4.99 Å². The van der Waals surface area contributed by atoms with Gasteiger partial charge in [0, 0.05) is 21.8 Å². The molecule has 1 N–H and O–H groups in total. The molecule has 5 nitrogen and oxygen atoms in total. The molecule has 0 saturated carbocycles. The summed E-state index contributed by atoms with van der Waals surface area (Å²) in [5.41, 5.74) is 5.11. The van der Waals surface area contributed by atoms with Crippen molar-refractivity contribution in [1.82, 2.24) is 4.98 Å². The molecule has 1 aromatic heterocycles. The van der Waals surface area contributed by atoms with Crippen LogP contribution in [0.25, 0.3) is 22.6 Å². The van der Waals surface area contributed by atoms with E-state index in [2.05, 4.69) is 51.9 Å². The summed E-state index contributed by atoms with van der Waals surface area (Å²) in [6.45, 7) is 4.40. The summed E-state index contributed by atoms with van der Waals surface area (Å²) in [5, 5.41) is 10.3. The number of nitrogens with zero attached hydrogens (tertiary/aromatic N) is 2. The van der Waals surface area contributed by atoms with Crippen LogP contribution >= 0.6 is 15.9 Å². The number of phenolic OH excluding ortho intramolecular Hbond substituents is 1. The first-order valence-electron chi connectivity index (χ1n) is 10.1. The largest absolute Gasteiger partial charge is 0.504 e. The predicted octanol–water partition coefficient (Wildman–Crippen LogP) is 7.24. The predicted molar refractivity (Wildman–Crippen MR) is 128 cm³/mol. The van der Waals surface area contributed by atoms with E-state index in [9.17, 15) is 5.11 Å². The molecule has 0 saturated heterocycles. The van der Waals surface area contributed by atoms with Crippen molar-refractivity contribution in [3.8, 4) is 23.0 Å². The van der Waals surface area contributed by atoms with Crippen LogP contribution in [0.2, 0.25) is 0 Å². The van der Waals surface area contributed by atoms with Gasteiger partial charge in [0.15, 0.2) is 17.1 Å². The molecule has 4 aromatic rings. The first-order valence-corrected chi connectivity index (χ1v) is 10.9. The van der Waals surface area contributed by atoms with E-state index in [1.807, 2.05) is 30.3 Å². The van der Waals surface area contributed by atoms with Crippen LogP contribution in [-0.2, 0) is 0 Å². The summed E-state index contributed by atoms with van der Waals surface area (Å²) in [6.07, 6.45) is 2.69. The molecule has 0 aliphatic heterocycles. The highest BCUT2D eigenvalue weighted by atomic mass is 79.9. The van der Waals surface area contributed by atoms with Gasteiger partial charge in [0.05, 0.1) is 12.8 Å². The van der Waals surface area contributed by atoms with Gasteiger partial charge in [-0.3, -0.25) is 4.99 Å². The smallest absolute Gasteiger partial charge is 0.227 e. The van der Waals surface area contributed by atoms with Gasteiger partial charge in [0.2, 0.25) is 5.89 Å². The fraction of sp³-hybridized carbons (Fsp3) is 0.200. The van der Waals surface area contributed by atoms with Gasteiger partial charge in [0.25, 0.3) is 0 Å². The van der Waals surface area contributed by atoms with Crippen molar-refractivity contribution in [2.75, 3.05) is 7.11 Å². The zero-order chi connectivity index (χ0) is 22.0. The maximum absolute atomic E-state index is 10.3. The van der Waals surface area contributed by atoms with Gasteiger partial charge >= 0.3 is 0 Å². The molecule has 0 bridgehead atoms. The quantitative estimate of drug-likeness (QED) is 0.296. The molecule has 0 aliphatic rings. The number of halogens is 1. The summed E-state index contributed by atoms with van der Waals surface area (Å²) in [6, 6.07) is 17.3. The molecule has 1 heterocycles. The van der Waals surface area contributed by atoms with Gasteiger partial charge in [0.1, 0.15) is 5.52 Å². The number of methoxy groups -OCH3 is 1. The number of ether oxygens (including phenoxy) is 1. The number of hydrogen-bond donors (Lipinski definition) is 1. The van der Waals surface area contributed by atoms with Crippen molar-refractivity contribution in [3.63, 3.8) is 0 Å². The minimum Gasteiger partial charge on any atom is -0.504 e. The van der Waals surface area contributed by atoms with Gasteiger partial charge in [-0.05, 0) is 66.4 Å². The van der Waals surface area contributed by atoms with Crippen LogP contribution in [0.5, 0.6) is 11.5 Å². The Morgan fingerprint density at radius 3 is 2.65 bits per heavy atom. The van der Waals surface area contributed by atoms with E-state index in [0.717, 1.165) is 33.2 Å². The van der Waals surface area contributed by atoms with Crippen LogP contribution in [0, 0.1) is 0 Å². The number of oxazole rings is 1. The van der Waals surface area contributed by atoms with Gasteiger partial charge in [-0.2, -0.15) is 0 Å². The van der Waals surface area contributed by atoms with E-state index in [1.165, 1.54) is 12.7 Å². The van der Waals surface area contributed by atoms with Crippen LogP contribution in [-0.4, -0.2) is 23.4 Å². The second-order valence-corrected chi connectivity index (χ2v) is 8.32. The number of fused-ring (bicyclic) bond motifs is 1. The summed E-state index contributed by atoms with van der Waals surface area (Å²) in [4.78, 5) is 9.13. The Balaban J connectivity index is 1.57. The molecule has 31 heavy (non-hydrogen) atoms. The lowest BCUT2D eigenvalue weighted by atomic mass is 9.98. The van der Waals surface area contributed by atoms with Crippen molar-refractivity contribution >= 4 is 38.9 Å². The molecule has 0 aliphatic carbocycles. The van der Waals surface area contributed by atoms with Crippen LogP contribution in [0.1, 0.15) is 37.3 Å². The first kappa shape index (κ1) is 21.1. The van der Waals surface area contributed by atoms with Crippen LogP contribution in [0.15, 0.2) is 68.5 Å². The van der Waals surface area contributed by atoms with Gasteiger partial charge in [-0.25, -0.2) is 4.98 Å². The molecule has 0 fully saturated rings. The Morgan fingerprint density at radius 1 is 1.16 bits per heavy atom. The third-order valence-corrected chi connectivity index (χ3v) is 5.81. The van der Waals surface area contributed by atoms with Gasteiger partial charge < -0.3 is 14.3 Å². The van der Waals surface area contributed by atoms with Crippen LogP contribution < -0.4 is 4.74 Å². The summed E-state index contributed by atoms with van der Waals surface area (Å²) in [7, 11) is 1.51. The van der Waals surface area contributed by atoms with E-state index >= 15 is 0 Å². The lowest BCUT2D eigenvalue weighted by Crippen LogP contribution is -1.90.